The number of benzene rings is 1. The van der Waals surface area contributed by atoms with Crippen molar-refractivity contribution in [2.75, 3.05) is 25.9 Å². The Hall–Kier alpha value is -1.92. The maximum atomic E-state index is 12.4. The highest BCUT2D eigenvalue weighted by molar-refractivity contribution is 5.95. The number of amides is 1. The highest BCUT2D eigenvalue weighted by atomic mass is 19.4. The second kappa shape index (κ2) is 5.81. The number of methoxy groups -OCH3 is 1. The lowest BCUT2D eigenvalue weighted by molar-refractivity contribution is -0.140. The van der Waals surface area contributed by atoms with E-state index in [0.29, 0.717) is 10.6 Å². The van der Waals surface area contributed by atoms with Gasteiger partial charge >= 0.3 is 6.18 Å². The van der Waals surface area contributed by atoms with Crippen molar-refractivity contribution >= 4 is 11.6 Å². The summed E-state index contributed by atoms with van der Waals surface area (Å²) < 4.78 is 42.0. The molecule has 1 aromatic rings. The summed E-state index contributed by atoms with van der Waals surface area (Å²) in [6, 6.07) is 4.17. The molecule has 0 aliphatic carbocycles. The molecule has 0 radical (unpaired) electrons. The minimum Gasteiger partial charge on any atom is -0.497 e. The fraction of sp³-hybridized carbons (Fsp3) is 0.417. The summed E-state index contributed by atoms with van der Waals surface area (Å²) >= 11 is 0. The van der Waals surface area contributed by atoms with Crippen LogP contribution in [0.15, 0.2) is 18.2 Å². The molecule has 4 nitrogen and oxygen atoms in total. The van der Waals surface area contributed by atoms with Gasteiger partial charge in [0.25, 0.3) is 5.91 Å². The number of carbonyl (C=O) groups is 1. The van der Waals surface area contributed by atoms with Crippen LogP contribution in [0.25, 0.3) is 0 Å². The number of alkyl halides is 3. The van der Waals surface area contributed by atoms with E-state index >= 15 is 0 Å². The van der Waals surface area contributed by atoms with Crippen LogP contribution in [0, 0.1) is 0 Å². The third-order valence-electron chi connectivity index (χ3n) is 2.45. The normalized spacial score (nSPS) is 11.2. The van der Waals surface area contributed by atoms with Gasteiger partial charge in [0.05, 0.1) is 7.11 Å². The molecule has 0 fully saturated rings. The Morgan fingerprint density at radius 2 is 2.00 bits per heavy atom. The second-order valence-electron chi connectivity index (χ2n) is 3.93. The molecular formula is C12H15F3N2O2. The van der Waals surface area contributed by atoms with Crippen LogP contribution in [0.1, 0.15) is 17.3 Å². The maximum absolute atomic E-state index is 12.4. The Labute approximate surface area is 108 Å². The highest BCUT2D eigenvalue weighted by Crippen LogP contribution is 2.22. The van der Waals surface area contributed by atoms with E-state index in [2.05, 4.69) is 0 Å². The van der Waals surface area contributed by atoms with E-state index in [1.165, 1.54) is 32.2 Å². The molecule has 0 spiro atoms. The monoisotopic (exact) mass is 276 g/mol. The summed E-state index contributed by atoms with van der Waals surface area (Å²) in [5.74, 6) is -0.406. The first-order chi connectivity index (χ1) is 8.76. The fourth-order valence-electron chi connectivity index (χ4n) is 1.59. The van der Waals surface area contributed by atoms with Gasteiger partial charge in [0.2, 0.25) is 0 Å². The van der Waals surface area contributed by atoms with Crippen LogP contribution in [0.2, 0.25) is 0 Å². The van der Waals surface area contributed by atoms with Crippen molar-refractivity contribution < 1.29 is 22.7 Å². The number of ether oxygens (including phenoxy) is 1. The van der Waals surface area contributed by atoms with Crippen molar-refractivity contribution in [2.24, 2.45) is 0 Å². The molecule has 2 N–H and O–H groups in total. The van der Waals surface area contributed by atoms with Gasteiger partial charge in [-0.3, -0.25) is 4.79 Å². The molecule has 0 aliphatic rings. The van der Waals surface area contributed by atoms with Gasteiger partial charge in [-0.2, -0.15) is 13.2 Å². The summed E-state index contributed by atoms with van der Waals surface area (Å²) in [6.07, 6.45) is -4.43. The third kappa shape index (κ3) is 4.35. The average Bonchev–Trinajstić information content (AvgIpc) is 2.33. The Bertz CT molecular complexity index is 461. The molecule has 1 aromatic carbocycles. The van der Waals surface area contributed by atoms with Crippen LogP contribution in [0.3, 0.4) is 0 Å². The molecule has 7 heteroatoms. The van der Waals surface area contributed by atoms with Crippen LogP contribution < -0.4 is 10.5 Å². The number of nitrogens with zero attached hydrogens (tertiary/aromatic N) is 1. The van der Waals surface area contributed by atoms with E-state index in [1.807, 2.05) is 0 Å². The summed E-state index contributed by atoms with van der Waals surface area (Å²) in [4.78, 5) is 12.7. The number of rotatable bonds is 4. The van der Waals surface area contributed by atoms with Crippen molar-refractivity contribution in [1.29, 1.82) is 0 Å². The van der Waals surface area contributed by atoms with Crippen LogP contribution in [-0.4, -0.2) is 37.2 Å². The molecule has 0 unspecified atom stereocenters. The van der Waals surface area contributed by atoms with Gasteiger partial charge in [-0.05, 0) is 19.1 Å². The van der Waals surface area contributed by atoms with E-state index in [0.717, 1.165) is 0 Å². The molecule has 0 bridgehead atoms. The van der Waals surface area contributed by atoms with Gasteiger partial charge in [-0.1, -0.05) is 0 Å². The number of halogens is 3. The number of hydrogen-bond acceptors (Lipinski definition) is 3. The van der Waals surface area contributed by atoms with E-state index in [1.54, 1.807) is 0 Å². The van der Waals surface area contributed by atoms with Gasteiger partial charge in [-0.25, -0.2) is 0 Å². The summed E-state index contributed by atoms with van der Waals surface area (Å²) in [6.45, 7) is 0.141. The first-order valence-corrected chi connectivity index (χ1v) is 5.57. The molecule has 0 heterocycles. The Morgan fingerprint density at radius 1 is 1.37 bits per heavy atom. The number of hydrogen-bond donors (Lipinski definition) is 1. The molecule has 0 aromatic heterocycles. The molecule has 1 rings (SSSR count). The van der Waals surface area contributed by atoms with Crippen LogP contribution in [-0.2, 0) is 0 Å². The predicted molar refractivity (Wildman–Crippen MR) is 65.0 cm³/mol. The van der Waals surface area contributed by atoms with Gasteiger partial charge in [0.1, 0.15) is 12.3 Å². The Kier molecular flexibility index (Phi) is 4.63. The molecule has 19 heavy (non-hydrogen) atoms. The van der Waals surface area contributed by atoms with E-state index < -0.39 is 18.6 Å². The summed E-state index contributed by atoms with van der Waals surface area (Å²) in [5, 5.41) is 0. The SMILES string of the molecule is CCN(CC(F)(F)F)C(=O)c1cc(N)cc(OC)c1. The summed E-state index contributed by atoms with van der Waals surface area (Å²) in [5.41, 5.74) is 5.90. The van der Waals surface area contributed by atoms with E-state index in [9.17, 15) is 18.0 Å². The molecule has 0 aliphatic heterocycles. The van der Waals surface area contributed by atoms with E-state index in [4.69, 9.17) is 10.5 Å². The lowest BCUT2D eigenvalue weighted by Gasteiger charge is -2.22. The lowest BCUT2D eigenvalue weighted by Crippen LogP contribution is -2.38. The van der Waals surface area contributed by atoms with Crippen LogP contribution in [0.5, 0.6) is 5.75 Å². The molecular weight excluding hydrogens is 261 g/mol. The minimum absolute atomic E-state index is 0.0462. The van der Waals surface area contributed by atoms with Crippen molar-refractivity contribution in [3.05, 3.63) is 23.8 Å². The zero-order valence-corrected chi connectivity index (χ0v) is 10.6. The predicted octanol–water partition coefficient (Wildman–Crippen LogP) is 2.30. The standard InChI is InChI=1S/C12H15F3N2O2/c1-3-17(7-12(13,14)15)11(18)8-4-9(16)6-10(5-8)19-2/h4-6H,3,7,16H2,1-2H3. The van der Waals surface area contributed by atoms with Gasteiger partial charge < -0.3 is 15.4 Å². The molecule has 0 saturated heterocycles. The fourth-order valence-corrected chi connectivity index (χ4v) is 1.59. The van der Waals surface area contributed by atoms with Crippen molar-refractivity contribution in [3.8, 4) is 5.75 Å². The zero-order chi connectivity index (χ0) is 14.6. The minimum atomic E-state index is -4.43. The molecule has 0 saturated carbocycles. The largest absolute Gasteiger partial charge is 0.497 e. The van der Waals surface area contributed by atoms with Crippen molar-refractivity contribution in [3.63, 3.8) is 0 Å². The Morgan fingerprint density at radius 3 is 2.47 bits per heavy atom. The van der Waals surface area contributed by atoms with Gasteiger partial charge in [0, 0.05) is 23.9 Å². The average molecular weight is 276 g/mol. The van der Waals surface area contributed by atoms with Crippen LogP contribution in [0.4, 0.5) is 18.9 Å². The first-order valence-electron chi connectivity index (χ1n) is 5.57. The number of anilines is 1. The first kappa shape index (κ1) is 15.1. The maximum Gasteiger partial charge on any atom is 0.406 e. The molecule has 106 valence electrons. The van der Waals surface area contributed by atoms with Crippen molar-refractivity contribution in [1.82, 2.24) is 4.90 Å². The zero-order valence-electron chi connectivity index (χ0n) is 10.6. The quantitative estimate of drug-likeness (QED) is 0.858. The lowest BCUT2D eigenvalue weighted by atomic mass is 10.1. The van der Waals surface area contributed by atoms with E-state index in [-0.39, 0.29) is 17.8 Å². The Balaban J connectivity index is 3.00. The molecule has 0 atom stereocenters. The second-order valence-corrected chi connectivity index (χ2v) is 3.93. The van der Waals surface area contributed by atoms with Crippen LogP contribution >= 0.6 is 0 Å². The van der Waals surface area contributed by atoms with Gasteiger partial charge in [-0.15, -0.1) is 0 Å². The summed E-state index contributed by atoms with van der Waals surface area (Å²) in [7, 11) is 1.39. The topological polar surface area (TPSA) is 55.6 Å². The number of carbonyl (C=O) groups excluding carboxylic acids is 1. The third-order valence-corrected chi connectivity index (χ3v) is 2.45. The smallest absolute Gasteiger partial charge is 0.406 e. The number of nitrogens with two attached hydrogens (primary N) is 1. The molecule has 1 amide bonds. The van der Waals surface area contributed by atoms with Crippen molar-refractivity contribution in [2.45, 2.75) is 13.1 Å². The van der Waals surface area contributed by atoms with Gasteiger partial charge in [0.15, 0.2) is 0 Å². The number of nitrogen functional groups attached to an aromatic ring is 1. The highest BCUT2D eigenvalue weighted by Gasteiger charge is 2.32.